The number of benzene rings is 1. The molecule has 1 fully saturated rings. The van der Waals surface area contributed by atoms with Gasteiger partial charge in [0, 0.05) is 25.7 Å². The third kappa shape index (κ3) is 2.63. The molecule has 3 rings (SSSR count). The molecule has 1 aromatic carbocycles. The molecule has 0 saturated carbocycles. The third-order valence-electron chi connectivity index (χ3n) is 3.73. The number of aryl methyl sites for hydroxylation is 1. The average molecular weight is 256 g/mol. The monoisotopic (exact) mass is 256 g/mol. The minimum Gasteiger partial charge on any atom is -0.384 e. The lowest BCUT2D eigenvalue weighted by Crippen LogP contribution is -2.22. The van der Waals surface area contributed by atoms with Gasteiger partial charge in [0.25, 0.3) is 0 Å². The molecule has 1 atom stereocenters. The number of nitrogens with zero attached hydrogens (tertiary/aromatic N) is 3. The van der Waals surface area contributed by atoms with Crippen LogP contribution in [-0.4, -0.2) is 27.8 Å². The van der Waals surface area contributed by atoms with Crippen LogP contribution < -0.4 is 5.73 Å². The Labute approximate surface area is 113 Å². The maximum atomic E-state index is 6.00. The predicted octanol–water partition coefficient (Wildman–Crippen LogP) is 2.22. The summed E-state index contributed by atoms with van der Waals surface area (Å²) in [5, 5.41) is 4.50. The van der Waals surface area contributed by atoms with Crippen molar-refractivity contribution >= 4 is 5.82 Å². The van der Waals surface area contributed by atoms with E-state index in [4.69, 9.17) is 5.73 Å². The quantitative estimate of drug-likeness (QED) is 0.916. The molecule has 100 valence electrons. The molecule has 0 amide bonds. The van der Waals surface area contributed by atoms with E-state index in [-0.39, 0.29) is 0 Å². The summed E-state index contributed by atoms with van der Waals surface area (Å²) >= 11 is 0. The first-order valence-corrected chi connectivity index (χ1v) is 6.80. The standard InChI is InChI=1S/C15H20N4/c1-12-9-15(16)19(17-12)14-7-8-18(11-14)10-13-5-3-2-4-6-13/h2-6,9,14H,7-8,10-11,16H2,1H3/t14-/m1/s1. The van der Waals surface area contributed by atoms with Crippen LogP contribution in [-0.2, 0) is 6.54 Å². The highest BCUT2D eigenvalue weighted by molar-refractivity contribution is 5.31. The summed E-state index contributed by atoms with van der Waals surface area (Å²) in [6, 6.07) is 13.0. The normalized spacial score (nSPS) is 19.9. The van der Waals surface area contributed by atoms with Gasteiger partial charge in [0.2, 0.25) is 0 Å². The van der Waals surface area contributed by atoms with E-state index >= 15 is 0 Å². The lowest BCUT2D eigenvalue weighted by molar-refractivity contribution is 0.312. The molecular weight excluding hydrogens is 236 g/mol. The molecule has 19 heavy (non-hydrogen) atoms. The molecule has 0 spiro atoms. The maximum absolute atomic E-state index is 6.00. The zero-order valence-electron chi connectivity index (χ0n) is 11.3. The van der Waals surface area contributed by atoms with E-state index in [9.17, 15) is 0 Å². The molecule has 0 radical (unpaired) electrons. The van der Waals surface area contributed by atoms with Crippen molar-refractivity contribution < 1.29 is 0 Å². The fourth-order valence-electron chi connectivity index (χ4n) is 2.83. The van der Waals surface area contributed by atoms with Gasteiger partial charge in [-0.2, -0.15) is 5.10 Å². The fraction of sp³-hybridized carbons (Fsp3) is 0.400. The van der Waals surface area contributed by atoms with E-state index in [1.165, 1.54) is 5.56 Å². The summed E-state index contributed by atoms with van der Waals surface area (Å²) in [6.45, 7) is 5.14. The summed E-state index contributed by atoms with van der Waals surface area (Å²) in [4.78, 5) is 2.47. The number of anilines is 1. The highest BCUT2D eigenvalue weighted by Gasteiger charge is 2.25. The van der Waals surface area contributed by atoms with Gasteiger partial charge in [-0.15, -0.1) is 0 Å². The van der Waals surface area contributed by atoms with Gasteiger partial charge in [-0.1, -0.05) is 30.3 Å². The van der Waals surface area contributed by atoms with Gasteiger partial charge < -0.3 is 5.73 Å². The Morgan fingerprint density at radius 2 is 2.11 bits per heavy atom. The summed E-state index contributed by atoms with van der Waals surface area (Å²) in [5.41, 5.74) is 8.37. The van der Waals surface area contributed by atoms with Crippen molar-refractivity contribution in [3.8, 4) is 0 Å². The minimum atomic E-state index is 0.414. The lowest BCUT2D eigenvalue weighted by Gasteiger charge is -2.16. The van der Waals surface area contributed by atoms with Gasteiger partial charge in [0.1, 0.15) is 5.82 Å². The van der Waals surface area contributed by atoms with E-state index in [1.54, 1.807) is 0 Å². The zero-order valence-corrected chi connectivity index (χ0v) is 11.3. The molecule has 2 aromatic rings. The Morgan fingerprint density at radius 1 is 1.32 bits per heavy atom. The van der Waals surface area contributed by atoms with Gasteiger partial charge >= 0.3 is 0 Å². The van der Waals surface area contributed by atoms with Crippen LogP contribution in [0.2, 0.25) is 0 Å². The highest BCUT2D eigenvalue weighted by atomic mass is 15.4. The second-order valence-corrected chi connectivity index (χ2v) is 5.32. The molecule has 0 bridgehead atoms. The van der Waals surface area contributed by atoms with E-state index in [0.29, 0.717) is 6.04 Å². The van der Waals surface area contributed by atoms with Crippen LogP contribution in [0.5, 0.6) is 0 Å². The molecule has 2 N–H and O–H groups in total. The van der Waals surface area contributed by atoms with Crippen molar-refractivity contribution in [2.24, 2.45) is 0 Å². The predicted molar refractivity (Wildman–Crippen MR) is 76.7 cm³/mol. The number of nitrogen functional groups attached to an aromatic ring is 1. The van der Waals surface area contributed by atoms with Crippen LogP contribution in [0.3, 0.4) is 0 Å². The van der Waals surface area contributed by atoms with Crippen molar-refractivity contribution in [1.82, 2.24) is 14.7 Å². The second-order valence-electron chi connectivity index (χ2n) is 5.32. The first-order valence-electron chi connectivity index (χ1n) is 6.80. The first kappa shape index (κ1) is 12.2. The maximum Gasteiger partial charge on any atom is 0.122 e. The SMILES string of the molecule is Cc1cc(N)n([C@@H]2CCN(Cc3ccccc3)C2)n1. The number of likely N-dealkylation sites (tertiary alicyclic amines) is 1. The smallest absolute Gasteiger partial charge is 0.122 e. The number of aromatic nitrogens is 2. The molecule has 1 aliphatic heterocycles. The van der Waals surface area contributed by atoms with Crippen molar-refractivity contribution in [1.29, 1.82) is 0 Å². The molecule has 1 aliphatic rings. The van der Waals surface area contributed by atoms with Gasteiger partial charge in [-0.05, 0) is 18.9 Å². The molecule has 1 aromatic heterocycles. The number of hydrogen-bond donors (Lipinski definition) is 1. The highest BCUT2D eigenvalue weighted by Crippen LogP contribution is 2.25. The molecule has 0 aliphatic carbocycles. The summed E-state index contributed by atoms with van der Waals surface area (Å²) in [7, 11) is 0. The lowest BCUT2D eigenvalue weighted by atomic mass is 10.2. The van der Waals surface area contributed by atoms with Crippen LogP contribution in [0.4, 0.5) is 5.82 Å². The molecular formula is C15H20N4. The Bertz CT molecular complexity index is 547. The van der Waals surface area contributed by atoms with Crippen LogP contribution >= 0.6 is 0 Å². The van der Waals surface area contributed by atoms with Crippen LogP contribution in [0.25, 0.3) is 0 Å². The Kier molecular flexibility index (Phi) is 3.25. The van der Waals surface area contributed by atoms with E-state index in [1.807, 2.05) is 17.7 Å². The molecule has 1 saturated heterocycles. The zero-order chi connectivity index (χ0) is 13.2. The Morgan fingerprint density at radius 3 is 2.79 bits per heavy atom. The molecule has 4 nitrogen and oxygen atoms in total. The minimum absolute atomic E-state index is 0.414. The van der Waals surface area contributed by atoms with E-state index in [0.717, 1.165) is 37.6 Å². The Hall–Kier alpha value is -1.81. The van der Waals surface area contributed by atoms with Gasteiger partial charge in [-0.25, -0.2) is 4.68 Å². The summed E-state index contributed by atoms with van der Waals surface area (Å²) < 4.78 is 1.99. The molecule has 2 heterocycles. The Balaban J connectivity index is 1.66. The second kappa shape index (κ2) is 5.05. The summed E-state index contributed by atoms with van der Waals surface area (Å²) in [5.74, 6) is 0.782. The van der Waals surface area contributed by atoms with Crippen molar-refractivity contribution in [2.75, 3.05) is 18.8 Å². The van der Waals surface area contributed by atoms with Crippen molar-refractivity contribution in [3.63, 3.8) is 0 Å². The van der Waals surface area contributed by atoms with Crippen LogP contribution in [0.1, 0.15) is 23.7 Å². The average Bonchev–Trinajstić information content (AvgIpc) is 2.97. The third-order valence-corrected chi connectivity index (χ3v) is 3.73. The first-order chi connectivity index (χ1) is 9.22. The number of nitrogens with two attached hydrogens (primary N) is 1. The topological polar surface area (TPSA) is 47.1 Å². The van der Waals surface area contributed by atoms with Crippen molar-refractivity contribution in [2.45, 2.75) is 25.9 Å². The number of hydrogen-bond acceptors (Lipinski definition) is 3. The largest absolute Gasteiger partial charge is 0.384 e. The number of rotatable bonds is 3. The van der Waals surface area contributed by atoms with Gasteiger partial charge in [0.05, 0.1) is 11.7 Å². The van der Waals surface area contributed by atoms with Gasteiger partial charge in [-0.3, -0.25) is 4.90 Å². The molecule has 0 unspecified atom stereocenters. The van der Waals surface area contributed by atoms with E-state index < -0.39 is 0 Å². The van der Waals surface area contributed by atoms with E-state index in [2.05, 4.69) is 40.3 Å². The molecule has 4 heteroatoms. The van der Waals surface area contributed by atoms with Crippen LogP contribution in [0.15, 0.2) is 36.4 Å². The summed E-state index contributed by atoms with van der Waals surface area (Å²) in [6.07, 6.45) is 1.12. The fourth-order valence-corrected chi connectivity index (χ4v) is 2.83. The van der Waals surface area contributed by atoms with Crippen molar-refractivity contribution in [3.05, 3.63) is 47.7 Å². The van der Waals surface area contributed by atoms with Gasteiger partial charge in [0.15, 0.2) is 0 Å². The van der Waals surface area contributed by atoms with Crippen LogP contribution in [0, 0.1) is 6.92 Å².